The zero-order chi connectivity index (χ0) is 24.6. The summed E-state index contributed by atoms with van der Waals surface area (Å²) in [4.78, 5) is -1.58. The fraction of sp³-hybridized carbons (Fsp3) is 0.0588. The van der Waals surface area contributed by atoms with E-state index in [-0.39, 0.29) is 16.0 Å². The van der Waals surface area contributed by atoms with Gasteiger partial charge in [-0.15, -0.1) is 14.6 Å². The molecule has 0 radical (unpaired) electrons. The van der Waals surface area contributed by atoms with Gasteiger partial charge in [0.15, 0.2) is 5.75 Å². The second-order valence-electron chi connectivity index (χ2n) is 6.50. The van der Waals surface area contributed by atoms with Crippen LogP contribution in [0.2, 0.25) is 0 Å². The summed E-state index contributed by atoms with van der Waals surface area (Å²) in [5.41, 5.74) is 5.33. The molecule has 13 nitrogen and oxygen atoms in total. The van der Waals surface area contributed by atoms with Crippen molar-refractivity contribution in [3.8, 4) is 5.75 Å². The topological polar surface area (TPSA) is 218 Å². The van der Waals surface area contributed by atoms with Crippen molar-refractivity contribution in [2.45, 2.75) is 21.6 Å². The second-order valence-corrected chi connectivity index (χ2v) is 9.99. The Morgan fingerprint density at radius 3 is 2.27 bits per heavy atom. The summed E-state index contributed by atoms with van der Waals surface area (Å²) in [6.07, 6.45) is 0. The molecule has 0 fully saturated rings. The highest BCUT2D eigenvalue weighted by molar-refractivity contribution is 7.94. The molecule has 0 atom stereocenters. The van der Waals surface area contributed by atoms with Gasteiger partial charge < -0.3 is 10.8 Å². The van der Waals surface area contributed by atoms with Crippen LogP contribution in [0.4, 0.5) is 17.1 Å². The predicted octanol–water partition coefficient (Wildman–Crippen LogP) is 3.77. The number of fused-ring (bicyclic) bond motifs is 1. The molecule has 3 aromatic rings. The highest BCUT2D eigenvalue weighted by Gasteiger charge is 2.27. The Balaban J connectivity index is 2.31. The van der Waals surface area contributed by atoms with Crippen LogP contribution < -0.4 is 5.73 Å². The fourth-order valence-corrected chi connectivity index (χ4v) is 4.91. The largest absolute Gasteiger partial charge is 0.505 e. The molecule has 0 amide bonds. The summed E-state index contributed by atoms with van der Waals surface area (Å²) < 4.78 is 71.1. The Labute approximate surface area is 191 Å². The van der Waals surface area contributed by atoms with Crippen LogP contribution in [-0.4, -0.2) is 36.3 Å². The number of aryl methyl sites for hydroxylation is 1. The Bertz CT molecular complexity index is 1490. The smallest absolute Gasteiger partial charge is 0.297 e. The first-order chi connectivity index (χ1) is 15.3. The van der Waals surface area contributed by atoms with Crippen LogP contribution in [0.1, 0.15) is 5.56 Å². The van der Waals surface area contributed by atoms with Gasteiger partial charge in [0, 0.05) is 10.8 Å². The first-order valence-electron chi connectivity index (χ1n) is 8.55. The van der Waals surface area contributed by atoms with Crippen LogP contribution in [-0.2, 0) is 29.6 Å². The van der Waals surface area contributed by atoms with E-state index >= 15 is 0 Å². The molecule has 33 heavy (non-hydrogen) atoms. The van der Waals surface area contributed by atoms with Crippen LogP contribution in [0.25, 0.3) is 10.8 Å². The molecule has 0 aliphatic carbocycles. The number of aromatic hydroxyl groups is 1. The quantitative estimate of drug-likeness (QED) is 0.0755. The minimum atomic E-state index is -5.07. The molecule has 0 heterocycles. The highest BCUT2D eigenvalue weighted by atomic mass is 32.2. The van der Waals surface area contributed by atoms with E-state index in [1.165, 1.54) is 12.1 Å². The number of hydrogen-bond donors (Lipinski definition) is 5. The van der Waals surface area contributed by atoms with Crippen LogP contribution in [0.15, 0.2) is 61.3 Å². The van der Waals surface area contributed by atoms with Gasteiger partial charge in [-0.2, -0.15) is 16.8 Å². The van der Waals surface area contributed by atoms with Crippen molar-refractivity contribution in [3.05, 3.63) is 42.0 Å². The van der Waals surface area contributed by atoms with Gasteiger partial charge in [-0.05, 0) is 42.8 Å². The Morgan fingerprint density at radius 2 is 1.67 bits per heavy atom. The molecule has 0 spiro atoms. The number of azo groups is 1. The summed E-state index contributed by atoms with van der Waals surface area (Å²) in [5.74, 6) is -0.856. The van der Waals surface area contributed by atoms with Gasteiger partial charge in [0.05, 0.1) is 22.6 Å². The average Bonchev–Trinajstić information content (AvgIpc) is 2.70. The monoisotopic (exact) mass is 517 g/mol. The lowest BCUT2D eigenvalue weighted by Gasteiger charge is -2.12. The number of nitrogens with zero attached hydrogens (tertiary/aromatic N) is 2. The average molecular weight is 518 g/mol. The number of nitrogen functional groups attached to an aromatic ring is 1. The molecule has 0 saturated heterocycles. The number of phenols is 1. The number of anilines is 1. The van der Waals surface area contributed by atoms with E-state index in [1.807, 2.05) is 0 Å². The molecule has 16 heteroatoms. The van der Waals surface area contributed by atoms with Crippen molar-refractivity contribution in [2.24, 2.45) is 10.2 Å². The normalized spacial score (nSPS) is 12.6. The van der Waals surface area contributed by atoms with Gasteiger partial charge in [-0.3, -0.25) is 9.11 Å². The number of hydrogen-bond acceptors (Lipinski definition) is 12. The van der Waals surface area contributed by atoms with Gasteiger partial charge in [-0.1, -0.05) is 11.1 Å². The van der Waals surface area contributed by atoms with Crippen molar-refractivity contribution in [3.63, 3.8) is 0 Å². The van der Waals surface area contributed by atoms with E-state index in [1.54, 1.807) is 19.1 Å². The lowest BCUT2D eigenvalue weighted by atomic mass is 10.1. The summed E-state index contributed by atoms with van der Waals surface area (Å²) >= 11 is 0.555. The predicted molar refractivity (Wildman–Crippen MR) is 116 cm³/mol. The minimum Gasteiger partial charge on any atom is -0.505 e. The van der Waals surface area contributed by atoms with Crippen molar-refractivity contribution < 1.29 is 45.7 Å². The molecule has 6 N–H and O–H groups in total. The highest BCUT2D eigenvalue weighted by Crippen LogP contribution is 2.44. The van der Waals surface area contributed by atoms with Gasteiger partial charge in [0.25, 0.3) is 20.2 Å². The second kappa shape index (κ2) is 9.20. The third-order valence-electron chi connectivity index (χ3n) is 4.28. The molecule has 176 valence electrons. The maximum Gasteiger partial charge on any atom is 0.297 e. The Hall–Kier alpha value is -2.83. The van der Waals surface area contributed by atoms with Gasteiger partial charge in [-0.25, -0.2) is 5.26 Å². The first kappa shape index (κ1) is 24.8. The summed E-state index contributed by atoms with van der Waals surface area (Å²) in [7, 11) is -10.0. The van der Waals surface area contributed by atoms with Crippen LogP contribution >= 0.6 is 12.0 Å². The Morgan fingerprint density at radius 1 is 0.970 bits per heavy atom. The zero-order valence-electron chi connectivity index (χ0n) is 16.4. The van der Waals surface area contributed by atoms with E-state index in [2.05, 4.69) is 19.6 Å². The summed E-state index contributed by atoms with van der Waals surface area (Å²) in [6, 6.07) is 7.59. The number of phenolic OH excluding ortho intramolecular Hbond substituents is 1. The third-order valence-corrected chi connectivity index (χ3v) is 6.75. The molecule has 0 bridgehead atoms. The molecule has 0 unspecified atom stereocenters. The van der Waals surface area contributed by atoms with Crippen LogP contribution in [0, 0.1) is 6.92 Å². The Kier molecular flexibility index (Phi) is 6.91. The molecule has 3 rings (SSSR count). The van der Waals surface area contributed by atoms with Crippen molar-refractivity contribution in [1.82, 2.24) is 0 Å². The number of rotatable bonds is 7. The minimum absolute atomic E-state index is 0.0966. The van der Waals surface area contributed by atoms with E-state index in [0.717, 1.165) is 11.6 Å². The van der Waals surface area contributed by atoms with Gasteiger partial charge in [0.2, 0.25) is 0 Å². The third kappa shape index (κ3) is 5.23. The van der Waals surface area contributed by atoms with Crippen LogP contribution in [0.3, 0.4) is 0 Å². The molecule has 0 aliphatic heterocycles. The summed E-state index contributed by atoms with van der Waals surface area (Å²) in [6.45, 7) is 1.74. The molecule has 0 aromatic heterocycles. The van der Waals surface area contributed by atoms with E-state index in [0.29, 0.717) is 18.1 Å². The molecule has 3 aromatic carbocycles. The number of benzene rings is 3. The lowest BCUT2D eigenvalue weighted by Crippen LogP contribution is -2.06. The van der Waals surface area contributed by atoms with Crippen molar-refractivity contribution in [2.75, 3.05) is 5.73 Å². The van der Waals surface area contributed by atoms with Crippen LogP contribution in [0.5, 0.6) is 5.75 Å². The SMILES string of the molecule is Cc1ccc(N=Nc2c(S(=O)(=O)O)cc3c(S(=O)(=O)O)c(N)ccc3c2O)c(SOOO)c1. The van der Waals surface area contributed by atoms with E-state index in [9.17, 15) is 31.0 Å². The number of nitrogens with two attached hydrogens (primary N) is 1. The van der Waals surface area contributed by atoms with Crippen molar-refractivity contribution >= 4 is 60.1 Å². The van der Waals surface area contributed by atoms with Gasteiger partial charge in [0.1, 0.15) is 21.2 Å². The lowest BCUT2D eigenvalue weighted by molar-refractivity contribution is -0.432. The maximum atomic E-state index is 12.0. The summed E-state index contributed by atoms with van der Waals surface area (Å²) in [5, 5.41) is 29.5. The standard InChI is InChI=1S/C17H15N3O10S3/c1-8-2-5-12(13(6-8)31-30-29-22)19-20-15-14(32(23,24)25)7-10-9(16(15)21)3-4-11(18)17(10)33(26,27)28/h2-7,21-22H,18H2,1H3,(H,23,24,25)(H,26,27,28). The van der Waals surface area contributed by atoms with E-state index < -0.39 is 52.5 Å². The maximum absolute atomic E-state index is 12.0. The van der Waals surface area contributed by atoms with E-state index in [4.69, 9.17) is 11.0 Å². The van der Waals surface area contributed by atoms with Crippen molar-refractivity contribution in [1.29, 1.82) is 0 Å². The molecule has 0 saturated carbocycles. The molecular formula is C17H15N3O10S3. The zero-order valence-corrected chi connectivity index (χ0v) is 18.8. The molecule has 0 aliphatic rings. The fourth-order valence-electron chi connectivity index (χ4n) is 2.92. The molecular weight excluding hydrogens is 502 g/mol. The van der Waals surface area contributed by atoms with Gasteiger partial charge >= 0.3 is 0 Å². The first-order valence-corrected chi connectivity index (χ1v) is 12.2.